The zero-order valence-electron chi connectivity index (χ0n) is 11.2. The number of hydrogen-bond acceptors (Lipinski definition) is 4. The van der Waals surface area contributed by atoms with E-state index in [0.717, 1.165) is 18.8 Å². The van der Waals surface area contributed by atoms with Crippen molar-refractivity contribution in [1.82, 2.24) is 10.2 Å². The second-order valence-electron chi connectivity index (χ2n) is 5.10. The average molecular weight is 252 g/mol. The molecule has 102 valence electrons. The van der Waals surface area contributed by atoms with Crippen molar-refractivity contribution >= 4 is 0 Å². The Labute approximate surface area is 109 Å². The highest BCUT2D eigenvalue weighted by molar-refractivity contribution is 5.06. The summed E-state index contributed by atoms with van der Waals surface area (Å²) in [5.41, 5.74) is 0. The van der Waals surface area contributed by atoms with Gasteiger partial charge in [0.15, 0.2) is 0 Å². The van der Waals surface area contributed by atoms with Crippen molar-refractivity contribution in [3.05, 3.63) is 23.7 Å². The van der Waals surface area contributed by atoms with Gasteiger partial charge in [0.2, 0.25) is 0 Å². The first kappa shape index (κ1) is 13.6. The standard InChI is InChI=1S/C14H24N2O2/c1-12(16-7-3-2-4-8-16)9-15-10-13-5-6-14(11-17)18-13/h5-6,12,15,17H,2-4,7-11H2,1H3. The summed E-state index contributed by atoms with van der Waals surface area (Å²) < 4.78 is 5.43. The van der Waals surface area contributed by atoms with Crippen LogP contribution in [-0.4, -0.2) is 35.7 Å². The maximum atomic E-state index is 8.91. The summed E-state index contributed by atoms with van der Waals surface area (Å²) in [5.74, 6) is 1.53. The zero-order valence-corrected chi connectivity index (χ0v) is 11.2. The topological polar surface area (TPSA) is 48.6 Å². The Morgan fingerprint density at radius 3 is 2.67 bits per heavy atom. The molecule has 0 amide bonds. The van der Waals surface area contributed by atoms with Gasteiger partial charge in [-0.1, -0.05) is 6.42 Å². The molecule has 0 aliphatic carbocycles. The molecule has 1 aromatic heterocycles. The highest BCUT2D eigenvalue weighted by Crippen LogP contribution is 2.12. The molecule has 1 aliphatic heterocycles. The van der Waals surface area contributed by atoms with Gasteiger partial charge in [-0.15, -0.1) is 0 Å². The van der Waals surface area contributed by atoms with Gasteiger partial charge >= 0.3 is 0 Å². The summed E-state index contributed by atoms with van der Waals surface area (Å²) in [6.07, 6.45) is 4.05. The molecule has 0 aromatic carbocycles. The van der Waals surface area contributed by atoms with Gasteiger partial charge in [0.05, 0.1) is 6.54 Å². The van der Waals surface area contributed by atoms with E-state index in [9.17, 15) is 0 Å². The molecule has 2 rings (SSSR count). The summed E-state index contributed by atoms with van der Waals surface area (Å²) in [5, 5.41) is 12.3. The Balaban J connectivity index is 1.67. The molecule has 0 saturated carbocycles. The fourth-order valence-corrected chi connectivity index (χ4v) is 2.49. The molecule has 2 heterocycles. The molecular formula is C14H24N2O2. The van der Waals surface area contributed by atoms with E-state index in [4.69, 9.17) is 9.52 Å². The van der Waals surface area contributed by atoms with Crippen LogP contribution in [0.25, 0.3) is 0 Å². The Bertz CT molecular complexity index is 345. The summed E-state index contributed by atoms with van der Waals surface area (Å²) in [7, 11) is 0. The lowest BCUT2D eigenvalue weighted by Crippen LogP contribution is -2.42. The number of likely N-dealkylation sites (tertiary alicyclic amines) is 1. The van der Waals surface area contributed by atoms with Crippen LogP contribution >= 0.6 is 0 Å². The summed E-state index contributed by atoms with van der Waals surface area (Å²) in [6.45, 7) is 6.44. The average Bonchev–Trinajstić information content (AvgIpc) is 2.87. The molecule has 18 heavy (non-hydrogen) atoms. The van der Waals surface area contributed by atoms with Crippen molar-refractivity contribution in [2.75, 3.05) is 19.6 Å². The second-order valence-corrected chi connectivity index (χ2v) is 5.10. The van der Waals surface area contributed by atoms with Gasteiger partial charge in [-0.3, -0.25) is 4.90 Å². The molecule has 4 heteroatoms. The number of rotatable bonds is 6. The zero-order chi connectivity index (χ0) is 12.8. The van der Waals surface area contributed by atoms with E-state index in [0.29, 0.717) is 11.8 Å². The lowest BCUT2D eigenvalue weighted by Gasteiger charge is -2.32. The summed E-state index contributed by atoms with van der Waals surface area (Å²) >= 11 is 0. The minimum atomic E-state index is -0.0236. The minimum absolute atomic E-state index is 0.0236. The number of aliphatic hydroxyl groups is 1. The molecule has 1 fully saturated rings. The maximum absolute atomic E-state index is 8.91. The highest BCUT2D eigenvalue weighted by Gasteiger charge is 2.16. The van der Waals surface area contributed by atoms with Gasteiger partial charge in [-0.25, -0.2) is 0 Å². The van der Waals surface area contributed by atoms with Gasteiger partial charge in [-0.05, 0) is 45.0 Å². The van der Waals surface area contributed by atoms with Crippen LogP contribution in [0.2, 0.25) is 0 Å². The van der Waals surface area contributed by atoms with Crippen molar-refractivity contribution in [2.24, 2.45) is 0 Å². The molecule has 1 atom stereocenters. The van der Waals surface area contributed by atoms with E-state index >= 15 is 0 Å². The van der Waals surface area contributed by atoms with Crippen LogP contribution in [-0.2, 0) is 13.2 Å². The van der Waals surface area contributed by atoms with Gasteiger partial charge in [0.25, 0.3) is 0 Å². The lowest BCUT2D eigenvalue weighted by molar-refractivity contribution is 0.170. The van der Waals surface area contributed by atoms with Crippen molar-refractivity contribution in [3.63, 3.8) is 0 Å². The second kappa shape index (κ2) is 6.92. The van der Waals surface area contributed by atoms with Crippen LogP contribution in [0.5, 0.6) is 0 Å². The molecule has 4 nitrogen and oxygen atoms in total. The Kier molecular flexibility index (Phi) is 5.23. The molecule has 1 unspecified atom stereocenters. The Hall–Kier alpha value is -0.840. The first-order chi connectivity index (χ1) is 8.79. The van der Waals surface area contributed by atoms with Crippen LogP contribution in [0.3, 0.4) is 0 Å². The lowest BCUT2D eigenvalue weighted by atomic mass is 10.1. The third-order valence-electron chi connectivity index (χ3n) is 3.63. The number of aliphatic hydroxyl groups excluding tert-OH is 1. The van der Waals surface area contributed by atoms with E-state index in [2.05, 4.69) is 17.1 Å². The SMILES string of the molecule is CC(CNCc1ccc(CO)o1)N1CCCCC1. The van der Waals surface area contributed by atoms with E-state index in [1.54, 1.807) is 0 Å². The fourth-order valence-electron chi connectivity index (χ4n) is 2.49. The van der Waals surface area contributed by atoms with E-state index < -0.39 is 0 Å². The largest absolute Gasteiger partial charge is 0.462 e. The van der Waals surface area contributed by atoms with Crippen LogP contribution in [0.15, 0.2) is 16.5 Å². The van der Waals surface area contributed by atoms with Crippen LogP contribution in [0, 0.1) is 0 Å². The van der Waals surface area contributed by atoms with E-state index in [-0.39, 0.29) is 6.61 Å². The normalized spacial score (nSPS) is 19.0. The monoisotopic (exact) mass is 252 g/mol. The smallest absolute Gasteiger partial charge is 0.129 e. The summed E-state index contributed by atoms with van der Waals surface area (Å²) in [4.78, 5) is 2.55. The van der Waals surface area contributed by atoms with Crippen LogP contribution in [0.4, 0.5) is 0 Å². The van der Waals surface area contributed by atoms with Crippen molar-refractivity contribution in [2.45, 2.75) is 45.4 Å². The molecule has 0 spiro atoms. The summed E-state index contributed by atoms with van der Waals surface area (Å²) in [6, 6.07) is 4.33. The minimum Gasteiger partial charge on any atom is -0.462 e. The molecular weight excluding hydrogens is 228 g/mol. The van der Waals surface area contributed by atoms with Crippen molar-refractivity contribution < 1.29 is 9.52 Å². The first-order valence-electron chi connectivity index (χ1n) is 6.93. The number of nitrogens with zero attached hydrogens (tertiary/aromatic N) is 1. The fraction of sp³-hybridized carbons (Fsp3) is 0.714. The first-order valence-corrected chi connectivity index (χ1v) is 6.93. The van der Waals surface area contributed by atoms with Crippen LogP contribution < -0.4 is 5.32 Å². The number of nitrogens with one attached hydrogen (secondary N) is 1. The number of piperidine rings is 1. The molecule has 0 bridgehead atoms. The third-order valence-corrected chi connectivity index (χ3v) is 3.63. The predicted octanol–water partition coefficient (Wildman–Crippen LogP) is 1.74. The molecule has 2 N–H and O–H groups in total. The van der Waals surface area contributed by atoms with Gasteiger partial charge in [0.1, 0.15) is 18.1 Å². The van der Waals surface area contributed by atoms with Crippen molar-refractivity contribution in [1.29, 1.82) is 0 Å². The van der Waals surface area contributed by atoms with Gasteiger partial charge in [0, 0.05) is 12.6 Å². The van der Waals surface area contributed by atoms with Gasteiger partial charge < -0.3 is 14.8 Å². The van der Waals surface area contributed by atoms with Crippen molar-refractivity contribution in [3.8, 4) is 0 Å². The van der Waals surface area contributed by atoms with E-state index in [1.165, 1.54) is 32.4 Å². The van der Waals surface area contributed by atoms with E-state index in [1.807, 2.05) is 12.1 Å². The predicted molar refractivity (Wildman–Crippen MR) is 71.2 cm³/mol. The Morgan fingerprint density at radius 1 is 1.28 bits per heavy atom. The molecule has 1 saturated heterocycles. The third kappa shape index (κ3) is 3.83. The quantitative estimate of drug-likeness (QED) is 0.809. The molecule has 1 aromatic rings. The molecule has 0 radical (unpaired) electrons. The maximum Gasteiger partial charge on any atom is 0.129 e. The number of furan rings is 1. The molecule has 1 aliphatic rings. The Morgan fingerprint density at radius 2 is 2.00 bits per heavy atom. The van der Waals surface area contributed by atoms with Crippen LogP contribution in [0.1, 0.15) is 37.7 Å². The number of hydrogen-bond donors (Lipinski definition) is 2. The highest BCUT2D eigenvalue weighted by atomic mass is 16.4. The van der Waals surface area contributed by atoms with Gasteiger partial charge in [-0.2, -0.15) is 0 Å².